The van der Waals surface area contributed by atoms with Gasteiger partial charge in [0.05, 0.1) is 16.0 Å². The van der Waals surface area contributed by atoms with Gasteiger partial charge in [0.25, 0.3) is 17.9 Å². The number of ketones is 1. The molecule has 1 amide bonds. The highest BCUT2D eigenvalue weighted by Crippen LogP contribution is 2.39. The molecule has 3 heterocycles. The summed E-state index contributed by atoms with van der Waals surface area (Å²) in [6.45, 7) is 7.45. The minimum absolute atomic E-state index is 0.00416. The molecule has 5 rings (SSSR count). The van der Waals surface area contributed by atoms with E-state index in [0.717, 1.165) is 4.68 Å². The number of benzene rings is 1. The monoisotopic (exact) mass is 623 g/mol. The molecular formula is C26H31F2N7O5S2. The molecule has 0 spiro atoms. The predicted octanol–water partition coefficient (Wildman–Crippen LogP) is 2.48. The van der Waals surface area contributed by atoms with E-state index < -0.39 is 56.2 Å². The number of fused-ring (bicyclic) bond motifs is 1. The average molecular weight is 624 g/mol. The fourth-order valence-corrected chi connectivity index (χ4v) is 7.15. The lowest BCUT2D eigenvalue weighted by molar-refractivity contribution is -0.147. The van der Waals surface area contributed by atoms with E-state index in [4.69, 9.17) is 0 Å². The van der Waals surface area contributed by atoms with Crippen LogP contribution < -0.4 is 15.2 Å². The molecule has 2 fully saturated rings. The zero-order chi connectivity index (χ0) is 30.7. The van der Waals surface area contributed by atoms with Gasteiger partial charge in [-0.15, -0.1) is 10.2 Å². The van der Waals surface area contributed by atoms with E-state index in [1.807, 2.05) is 0 Å². The number of nitrogens with one attached hydrogen (secondary N) is 1. The third-order valence-corrected chi connectivity index (χ3v) is 10.1. The van der Waals surface area contributed by atoms with Crippen LogP contribution in [0, 0.1) is 5.92 Å². The maximum absolute atomic E-state index is 13.6. The third-order valence-electron chi connectivity index (χ3n) is 7.59. The number of nitrogens with zero attached hydrogens (tertiary/aromatic N) is 6. The van der Waals surface area contributed by atoms with Crippen molar-refractivity contribution < 1.29 is 26.8 Å². The van der Waals surface area contributed by atoms with Gasteiger partial charge in [-0.1, -0.05) is 25.2 Å². The minimum Gasteiger partial charge on any atom is -0.367 e. The van der Waals surface area contributed by atoms with Crippen molar-refractivity contribution in [2.45, 2.75) is 63.4 Å². The zero-order valence-electron chi connectivity index (χ0n) is 23.7. The van der Waals surface area contributed by atoms with Crippen LogP contribution in [0.15, 0.2) is 21.8 Å². The van der Waals surface area contributed by atoms with Gasteiger partial charge < -0.3 is 9.80 Å². The molecule has 16 heteroatoms. The standard InChI is InChI=1S/C26H31F2N7O5S2/c1-13(2)20(36)25(38)35-9-8-34(12-14(35)3)17-11-15(42(39,40)32-26(4)6-7-26)10-16-18(17)24(37)33(5)31-19(16)22-29-30-23(41-22)21(27)28/h10-11,13-14,21,32H,6-9,12H2,1-5H3/t14-/m1/s1. The Morgan fingerprint density at radius 3 is 2.43 bits per heavy atom. The molecule has 0 bridgehead atoms. The van der Waals surface area contributed by atoms with Crippen molar-refractivity contribution in [3.8, 4) is 10.7 Å². The second kappa shape index (κ2) is 10.7. The molecule has 42 heavy (non-hydrogen) atoms. The Balaban J connectivity index is 1.67. The SMILES string of the molecule is CC(C)C(=O)C(=O)N1CCN(c2cc(S(=O)(=O)NC3(C)CC3)cc3c(-c4nnc(C(F)F)s4)nn(C)c(=O)c23)C[C@H]1C. The summed E-state index contributed by atoms with van der Waals surface area (Å²) in [6, 6.07) is 2.29. The second-order valence-corrected chi connectivity index (χ2v) is 14.1. The van der Waals surface area contributed by atoms with Crippen molar-refractivity contribution in [1.29, 1.82) is 0 Å². The number of aromatic nitrogens is 4. The first kappa shape index (κ1) is 30.1. The quantitative estimate of drug-likeness (QED) is 0.374. The predicted molar refractivity (Wildman–Crippen MR) is 152 cm³/mol. The molecule has 1 saturated carbocycles. The summed E-state index contributed by atoms with van der Waals surface area (Å²) in [5.41, 5.74) is -0.798. The molecule has 3 aromatic rings. The van der Waals surface area contributed by atoms with E-state index in [0.29, 0.717) is 24.2 Å². The fourth-order valence-electron chi connectivity index (χ4n) is 4.94. The minimum atomic E-state index is -4.07. The summed E-state index contributed by atoms with van der Waals surface area (Å²) in [6.07, 6.45) is -1.53. The maximum atomic E-state index is 13.6. The van der Waals surface area contributed by atoms with Crippen LogP contribution in [0.4, 0.5) is 14.5 Å². The number of alkyl halides is 2. The molecule has 2 aromatic heterocycles. The van der Waals surface area contributed by atoms with Crippen LogP contribution in [-0.4, -0.2) is 76.2 Å². The largest absolute Gasteiger partial charge is 0.367 e. The second-order valence-electron chi connectivity index (χ2n) is 11.4. The van der Waals surface area contributed by atoms with Gasteiger partial charge in [0, 0.05) is 49.6 Å². The number of carbonyl (C=O) groups is 2. The Morgan fingerprint density at radius 2 is 1.86 bits per heavy atom. The lowest BCUT2D eigenvalue weighted by Crippen LogP contribution is -2.56. The number of anilines is 1. The van der Waals surface area contributed by atoms with Crippen LogP contribution in [0.3, 0.4) is 0 Å². The van der Waals surface area contributed by atoms with E-state index in [2.05, 4.69) is 20.0 Å². The van der Waals surface area contributed by atoms with Gasteiger partial charge >= 0.3 is 0 Å². The molecule has 1 N–H and O–H groups in total. The van der Waals surface area contributed by atoms with E-state index in [-0.39, 0.29) is 51.7 Å². The molecule has 226 valence electrons. The van der Waals surface area contributed by atoms with E-state index >= 15 is 0 Å². The van der Waals surface area contributed by atoms with Crippen molar-refractivity contribution in [2.75, 3.05) is 24.5 Å². The van der Waals surface area contributed by atoms with Gasteiger partial charge in [-0.25, -0.2) is 26.6 Å². The van der Waals surface area contributed by atoms with Gasteiger partial charge in [-0.2, -0.15) is 5.10 Å². The van der Waals surface area contributed by atoms with Crippen LogP contribution in [-0.2, 0) is 26.7 Å². The van der Waals surface area contributed by atoms with Crippen molar-refractivity contribution >= 4 is 49.5 Å². The first-order valence-corrected chi connectivity index (χ1v) is 15.7. The van der Waals surface area contributed by atoms with Gasteiger partial charge in [-0.3, -0.25) is 14.4 Å². The number of hydrogen-bond donors (Lipinski definition) is 1. The molecule has 12 nitrogen and oxygen atoms in total. The van der Waals surface area contributed by atoms with Crippen LogP contribution in [0.1, 0.15) is 52.0 Å². The Morgan fingerprint density at radius 1 is 1.17 bits per heavy atom. The number of aryl methyl sites for hydroxylation is 1. The van der Waals surface area contributed by atoms with Crippen molar-refractivity contribution in [1.82, 2.24) is 29.6 Å². The summed E-state index contributed by atoms with van der Waals surface area (Å²) >= 11 is 0.602. The van der Waals surface area contributed by atoms with Gasteiger partial charge in [0.15, 0.2) is 10.0 Å². The number of halogens is 2. The highest BCUT2D eigenvalue weighted by molar-refractivity contribution is 7.89. The van der Waals surface area contributed by atoms with Crippen LogP contribution in [0.2, 0.25) is 0 Å². The smallest absolute Gasteiger partial charge is 0.291 e. The first-order chi connectivity index (χ1) is 19.6. The molecule has 1 saturated heterocycles. The molecular weight excluding hydrogens is 592 g/mol. The Hall–Kier alpha value is -3.37. The molecule has 1 aliphatic heterocycles. The Labute approximate surface area is 244 Å². The van der Waals surface area contributed by atoms with Gasteiger partial charge in [0.1, 0.15) is 5.69 Å². The Bertz CT molecular complexity index is 1750. The van der Waals surface area contributed by atoms with E-state index in [1.165, 1.54) is 24.1 Å². The van der Waals surface area contributed by atoms with Gasteiger partial charge in [-0.05, 0) is 38.8 Å². The fraction of sp³-hybridized carbons (Fsp3) is 0.538. The molecule has 1 atom stereocenters. The number of sulfonamides is 1. The number of carbonyl (C=O) groups excluding carboxylic acids is 2. The van der Waals surface area contributed by atoms with Crippen LogP contribution in [0.5, 0.6) is 0 Å². The van der Waals surface area contributed by atoms with Crippen molar-refractivity contribution in [2.24, 2.45) is 13.0 Å². The van der Waals surface area contributed by atoms with Crippen LogP contribution >= 0.6 is 11.3 Å². The normalized spacial score (nSPS) is 18.7. The molecule has 0 radical (unpaired) electrons. The van der Waals surface area contributed by atoms with Crippen LogP contribution in [0.25, 0.3) is 21.5 Å². The summed E-state index contributed by atoms with van der Waals surface area (Å²) in [7, 11) is -2.67. The maximum Gasteiger partial charge on any atom is 0.291 e. The Kier molecular flexibility index (Phi) is 7.68. The lowest BCUT2D eigenvalue weighted by Gasteiger charge is -2.41. The number of rotatable bonds is 8. The molecule has 0 unspecified atom stereocenters. The summed E-state index contributed by atoms with van der Waals surface area (Å²) in [5.74, 6) is -1.55. The highest BCUT2D eigenvalue weighted by Gasteiger charge is 2.42. The average Bonchev–Trinajstić information content (AvgIpc) is 3.42. The highest BCUT2D eigenvalue weighted by atomic mass is 32.2. The van der Waals surface area contributed by atoms with Crippen molar-refractivity contribution in [3.63, 3.8) is 0 Å². The zero-order valence-corrected chi connectivity index (χ0v) is 25.4. The summed E-state index contributed by atoms with van der Waals surface area (Å²) in [5, 5.41) is 11.4. The number of hydrogen-bond acceptors (Lipinski definition) is 10. The summed E-state index contributed by atoms with van der Waals surface area (Å²) in [4.78, 5) is 41.9. The molecule has 2 aliphatic rings. The molecule has 1 aromatic carbocycles. The van der Waals surface area contributed by atoms with Gasteiger partial charge in [0.2, 0.25) is 15.8 Å². The lowest BCUT2D eigenvalue weighted by atomic mass is 10.0. The third kappa shape index (κ3) is 5.54. The summed E-state index contributed by atoms with van der Waals surface area (Å²) < 4.78 is 57.6. The van der Waals surface area contributed by atoms with E-state index in [9.17, 15) is 31.6 Å². The van der Waals surface area contributed by atoms with E-state index in [1.54, 1.807) is 32.6 Å². The first-order valence-electron chi connectivity index (χ1n) is 13.4. The number of amides is 1. The molecule has 1 aliphatic carbocycles. The topological polar surface area (TPSA) is 147 Å². The number of Topliss-reactive ketones (excluding diaryl/α,β-unsaturated/α-hetero) is 1. The van der Waals surface area contributed by atoms with Crippen molar-refractivity contribution in [3.05, 3.63) is 27.5 Å². The number of piperazine rings is 1.